The van der Waals surface area contributed by atoms with Gasteiger partial charge in [0.05, 0.1) is 19.6 Å². The van der Waals surface area contributed by atoms with Crippen LogP contribution in [0.1, 0.15) is 6.42 Å². The summed E-state index contributed by atoms with van der Waals surface area (Å²) < 4.78 is 23.5. The van der Waals surface area contributed by atoms with E-state index in [9.17, 15) is 9.18 Å². The summed E-state index contributed by atoms with van der Waals surface area (Å²) in [6.45, 7) is 1.000. The molecule has 0 aliphatic rings. The van der Waals surface area contributed by atoms with E-state index in [0.29, 0.717) is 29.7 Å². The molecule has 0 bridgehead atoms. The average molecular weight is 338 g/mol. The summed E-state index contributed by atoms with van der Waals surface area (Å²) in [6, 6.07) is 12.7. The highest BCUT2D eigenvalue weighted by molar-refractivity contribution is 6.30. The molecule has 122 valence electrons. The lowest BCUT2D eigenvalue weighted by molar-refractivity contribution is -0.121. The zero-order chi connectivity index (χ0) is 16.5. The number of ether oxygens (including phenoxy) is 2. The Kier molecular flexibility index (Phi) is 6.69. The molecule has 6 heteroatoms. The van der Waals surface area contributed by atoms with Crippen LogP contribution in [-0.4, -0.2) is 25.7 Å². The number of hydrogen-bond acceptors (Lipinski definition) is 3. The number of carbonyl (C=O) groups is 1. The van der Waals surface area contributed by atoms with Crippen LogP contribution in [0.2, 0.25) is 5.02 Å². The zero-order valence-corrected chi connectivity index (χ0v) is 13.2. The van der Waals surface area contributed by atoms with Crippen LogP contribution in [0, 0.1) is 5.82 Å². The Balaban J connectivity index is 1.56. The van der Waals surface area contributed by atoms with Crippen LogP contribution in [-0.2, 0) is 4.79 Å². The van der Waals surface area contributed by atoms with Gasteiger partial charge in [-0.15, -0.1) is 0 Å². The smallest absolute Gasteiger partial charge is 0.223 e. The van der Waals surface area contributed by atoms with Crippen molar-refractivity contribution in [1.29, 1.82) is 0 Å². The van der Waals surface area contributed by atoms with E-state index in [4.69, 9.17) is 21.1 Å². The van der Waals surface area contributed by atoms with Gasteiger partial charge in [0.1, 0.15) is 23.9 Å². The predicted molar refractivity (Wildman–Crippen MR) is 86.5 cm³/mol. The van der Waals surface area contributed by atoms with Crippen molar-refractivity contribution in [3.8, 4) is 11.5 Å². The van der Waals surface area contributed by atoms with Crippen LogP contribution in [0.3, 0.4) is 0 Å². The van der Waals surface area contributed by atoms with Crippen LogP contribution in [0.5, 0.6) is 11.5 Å². The second-order valence-electron chi connectivity index (χ2n) is 4.70. The molecule has 1 N–H and O–H groups in total. The summed E-state index contributed by atoms with van der Waals surface area (Å²) in [7, 11) is 0. The van der Waals surface area contributed by atoms with Crippen LogP contribution in [0.15, 0.2) is 48.5 Å². The molecular formula is C17H17ClFNO3. The standard InChI is InChI=1S/C17H17ClFNO3/c18-13-1-5-15(6-2-13)23-12-10-20-17(21)9-11-22-16-7-3-14(19)4-8-16/h1-8H,9-12H2,(H,20,21). The number of benzene rings is 2. The first-order valence-electron chi connectivity index (χ1n) is 7.17. The Morgan fingerprint density at radius 2 is 1.52 bits per heavy atom. The summed E-state index contributed by atoms with van der Waals surface area (Å²) in [6.07, 6.45) is 0.221. The Hall–Kier alpha value is -2.27. The maximum Gasteiger partial charge on any atom is 0.223 e. The third-order valence-corrected chi connectivity index (χ3v) is 3.17. The maximum atomic E-state index is 12.7. The lowest BCUT2D eigenvalue weighted by atomic mass is 10.3. The first-order chi connectivity index (χ1) is 11.1. The highest BCUT2D eigenvalue weighted by atomic mass is 35.5. The third kappa shape index (κ3) is 6.57. The van der Waals surface area contributed by atoms with Crippen molar-refractivity contribution in [2.45, 2.75) is 6.42 Å². The zero-order valence-electron chi connectivity index (χ0n) is 12.4. The van der Waals surface area contributed by atoms with E-state index in [1.165, 1.54) is 24.3 Å². The second kappa shape index (κ2) is 9.00. The van der Waals surface area contributed by atoms with Crippen molar-refractivity contribution in [2.75, 3.05) is 19.8 Å². The highest BCUT2D eigenvalue weighted by Crippen LogP contribution is 2.15. The van der Waals surface area contributed by atoms with Crippen molar-refractivity contribution in [2.24, 2.45) is 0 Å². The van der Waals surface area contributed by atoms with Gasteiger partial charge in [0.2, 0.25) is 5.91 Å². The Labute approximate surface area is 139 Å². The van der Waals surface area contributed by atoms with E-state index >= 15 is 0 Å². The number of amides is 1. The SMILES string of the molecule is O=C(CCOc1ccc(F)cc1)NCCOc1ccc(Cl)cc1. The molecule has 0 aromatic heterocycles. The van der Waals surface area contributed by atoms with Gasteiger partial charge in [-0.3, -0.25) is 4.79 Å². The minimum Gasteiger partial charge on any atom is -0.493 e. The third-order valence-electron chi connectivity index (χ3n) is 2.92. The van der Waals surface area contributed by atoms with Gasteiger partial charge in [0, 0.05) is 5.02 Å². The van der Waals surface area contributed by atoms with E-state index in [-0.39, 0.29) is 24.8 Å². The van der Waals surface area contributed by atoms with Crippen LogP contribution < -0.4 is 14.8 Å². The largest absolute Gasteiger partial charge is 0.493 e. The average Bonchev–Trinajstić information content (AvgIpc) is 2.55. The number of hydrogen-bond donors (Lipinski definition) is 1. The van der Waals surface area contributed by atoms with E-state index in [0.717, 1.165) is 0 Å². The molecule has 0 aliphatic heterocycles. The molecular weight excluding hydrogens is 321 g/mol. The molecule has 0 saturated carbocycles. The molecule has 0 radical (unpaired) electrons. The summed E-state index contributed by atoms with van der Waals surface area (Å²) in [5, 5.41) is 3.37. The number of nitrogens with one attached hydrogen (secondary N) is 1. The molecule has 0 spiro atoms. The minimum absolute atomic E-state index is 0.133. The van der Waals surface area contributed by atoms with Crippen molar-refractivity contribution in [3.05, 3.63) is 59.4 Å². The van der Waals surface area contributed by atoms with Gasteiger partial charge < -0.3 is 14.8 Å². The lowest BCUT2D eigenvalue weighted by Crippen LogP contribution is -2.29. The van der Waals surface area contributed by atoms with Crippen LogP contribution in [0.25, 0.3) is 0 Å². The molecule has 0 fully saturated rings. The fourth-order valence-electron chi connectivity index (χ4n) is 1.77. The molecule has 4 nitrogen and oxygen atoms in total. The van der Waals surface area contributed by atoms with Crippen molar-refractivity contribution in [1.82, 2.24) is 5.32 Å². The summed E-state index contributed by atoms with van der Waals surface area (Å²) >= 11 is 5.77. The minimum atomic E-state index is -0.323. The second-order valence-corrected chi connectivity index (χ2v) is 5.14. The van der Waals surface area contributed by atoms with Crippen molar-refractivity contribution >= 4 is 17.5 Å². The van der Waals surface area contributed by atoms with Gasteiger partial charge in [0.25, 0.3) is 0 Å². The highest BCUT2D eigenvalue weighted by Gasteiger charge is 2.02. The van der Waals surface area contributed by atoms with Gasteiger partial charge in [-0.05, 0) is 48.5 Å². The van der Waals surface area contributed by atoms with E-state index in [1.807, 2.05) is 0 Å². The normalized spacial score (nSPS) is 10.2. The van der Waals surface area contributed by atoms with E-state index in [2.05, 4.69) is 5.32 Å². The van der Waals surface area contributed by atoms with E-state index in [1.54, 1.807) is 24.3 Å². The lowest BCUT2D eigenvalue weighted by Gasteiger charge is -2.09. The molecule has 0 heterocycles. The summed E-state index contributed by atoms with van der Waals surface area (Å²) in [5.74, 6) is 0.774. The molecule has 2 aromatic rings. The molecule has 0 atom stereocenters. The monoisotopic (exact) mass is 337 g/mol. The molecule has 0 saturated heterocycles. The first kappa shape index (κ1) is 17.1. The number of carbonyl (C=O) groups excluding carboxylic acids is 1. The Bertz CT molecular complexity index is 617. The van der Waals surface area contributed by atoms with Crippen molar-refractivity contribution in [3.63, 3.8) is 0 Å². The van der Waals surface area contributed by atoms with Gasteiger partial charge >= 0.3 is 0 Å². The molecule has 2 aromatic carbocycles. The van der Waals surface area contributed by atoms with Gasteiger partial charge in [0.15, 0.2) is 0 Å². The molecule has 0 aliphatic carbocycles. The van der Waals surface area contributed by atoms with Crippen molar-refractivity contribution < 1.29 is 18.7 Å². The molecule has 23 heavy (non-hydrogen) atoms. The van der Waals surface area contributed by atoms with Gasteiger partial charge in [-0.2, -0.15) is 0 Å². The number of rotatable bonds is 8. The number of halogens is 2. The van der Waals surface area contributed by atoms with E-state index < -0.39 is 0 Å². The predicted octanol–water partition coefficient (Wildman–Crippen LogP) is 3.44. The topological polar surface area (TPSA) is 47.6 Å². The molecule has 2 rings (SSSR count). The first-order valence-corrected chi connectivity index (χ1v) is 7.55. The Morgan fingerprint density at radius 1 is 0.957 bits per heavy atom. The Morgan fingerprint density at radius 3 is 2.17 bits per heavy atom. The van der Waals surface area contributed by atoms with Crippen LogP contribution in [0.4, 0.5) is 4.39 Å². The quantitative estimate of drug-likeness (QED) is 0.751. The van der Waals surface area contributed by atoms with Gasteiger partial charge in [-0.25, -0.2) is 4.39 Å². The maximum absolute atomic E-state index is 12.7. The fourth-order valence-corrected chi connectivity index (χ4v) is 1.90. The summed E-state index contributed by atoms with van der Waals surface area (Å²) in [4.78, 5) is 11.6. The van der Waals surface area contributed by atoms with Gasteiger partial charge in [-0.1, -0.05) is 11.6 Å². The fraction of sp³-hybridized carbons (Fsp3) is 0.235. The molecule has 1 amide bonds. The van der Waals surface area contributed by atoms with Crippen LogP contribution >= 0.6 is 11.6 Å². The molecule has 0 unspecified atom stereocenters. The summed E-state index contributed by atoms with van der Waals surface area (Å²) in [5.41, 5.74) is 0.